The standard InChI is InChI=1S/C11H26N2OS/c1-4-15-11-5-6-12-7-8-13(2)9-10-14-3/h12H,4-11H2,1-3H3. The van der Waals surface area contributed by atoms with E-state index < -0.39 is 0 Å². The minimum atomic E-state index is 0.823. The van der Waals surface area contributed by atoms with E-state index in [2.05, 4.69) is 24.2 Å². The molecule has 4 heteroatoms. The predicted molar refractivity (Wildman–Crippen MR) is 69.9 cm³/mol. The zero-order valence-electron chi connectivity index (χ0n) is 10.4. The molecular formula is C11H26N2OS. The molecule has 0 rings (SSSR count). The molecule has 0 heterocycles. The molecule has 0 fully saturated rings. The average Bonchev–Trinajstić information content (AvgIpc) is 2.25. The Morgan fingerprint density at radius 2 is 2.07 bits per heavy atom. The molecule has 0 aliphatic heterocycles. The lowest BCUT2D eigenvalue weighted by Gasteiger charge is -2.16. The van der Waals surface area contributed by atoms with Crippen LogP contribution in [0.5, 0.6) is 0 Å². The zero-order valence-corrected chi connectivity index (χ0v) is 11.2. The molecule has 0 radical (unpaired) electrons. The van der Waals surface area contributed by atoms with E-state index in [9.17, 15) is 0 Å². The van der Waals surface area contributed by atoms with E-state index in [0.717, 1.165) is 32.8 Å². The van der Waals surface area contributed by atoms with Gasteiger partial charge < -0.3 is 15.0 Å². The van der Waals surface area contributed by atoms with Crippen molar-refractivity contribution in [3.63, 3.8) is 0 Å². The number of nitrogens with one attached hydrogen (secondary N) is 1. The molecule has 1 N–H and O–H groups in total. The summed E-state index contributed by atoms with van der Waals surface area (Å²) in [5.74, 6) is 2.52. The van der Waals surface area contributed by atoms with E-state index in [1.807, 2.05) is 11.8 Å². The Morgan fingerprint density at radius 3 is 2.73 bits per heavy atom. The molecule has 0 aliphatic carbocycles. The lowest BCUT2D eigenvalue weighted by Crippen LogP contribution is -2.31. The van der Waals surface area contributed by atoms with Gasteiger partial charge in [0.25, 0.3) is 0 Å². The second-order valence-electron chi connectivity index (χ2n) is 3.60. The Balaban J connectivity index is 3.02. The summed E-state index contributed by atoms with van der Waals surface area (Å²) in [6.07, 6.45) is 1.28. The van der Waals surface area contributed by atoms with Gasteiger partial charge in [-0.05, 0) is 31.5 Å². The SMILES string of the molecule is CCSCCCNCCN(C)CCOC. The van der Waals surface area contributed by atoms with Crippen molar-refractivity contribution in [2.24, 2.45) is 0 Å². The van der Waals surface area contributed by atoms with Crippen LogP contribution in [0.25, 0.3) is 0 Å². The first-order valence-electron chi connectivity index (χ1n) is 5.77. The summed E-state index contributed by atoms with van der Waals surface area (Å²) in [4.78, 5) is 2.29. The molecule has 0 saturated heterocycles. The van der Waals surface area contributed by atoms with E-state index in [1.54, 1.807) is 7.11 Å². The summed E-state index contributed by atoms with van der Waals surface area (Å²) in [6.45, 7) is 7.38. The molecule has 0 bridgehead atoms. The van der Waals surface area contributed by atoms with Crippen molar-refractivity contribution >= 4 is 11.8 Å². The average molecular weight is 234 g/mol. The largest absolute Gasteiger partial charge is 0.383 e. The lowest BCUT2D eigenvalue weighted by molar-refractivity contribution is 0.161. The van der Waals surface area contributed by atoms with Crippen molar-refractivity contribution in [3.8, 4) is 0 Å². The molecule has 0 unspecified atom stereocenters. The first-order valence-corrected chi connectivity index (χ1v) is 6.92. The van der Waals surface area contributed by atoms with Crippen molar-refractivity contribution < 1.29 is 4.74 Å². The number of hydrogen-bond acceptors (Lipinski definition) is 4. The summed E-state index contributed by atoms with van der Waals surface area (Å²) in [5.41, 5.74) is 0. The van der Waals surface area contributed by atoms with Gasteiger partial charge in [-0.15, -0.1) is 0 Å². The van der Waals surface area contributed by atoms with E-state index in [4.69, 9.17) is 4.74 Å². The molecule has 3 nitrogen and oxygen atoms in total. The van der Waals surface area contributed by atoms with Gasteiger partial charge in [0.1, 0.15) is 0 Å². The van der Waals surface area contributed by atoms with Crippen molar-refractivity contribution in [2.75, 3.05) is 58.4 Å². The van der Waals surface area contributed by atoms with Crippen LogP contribution in [0.1, 0.15) is 13.3 Å². The monoisotopic (exact) mass is 234 g/mol. The molecule has 0 spiro atoms. The summed E-state index contributed by atoms with van der Waals surface area (Å²) >= 11 is 2.02. The Kier molecular flexibility index (Phi) is 12.5. The summed E-state index contributed by atoms with van der Waals surface area (Å²) in [7, 11) is 3.88. The number of hydrogen-bond donors (Lipinski definition) is 1. The quantitative estimate of drug-likeness (QED) is 0.545. The number of ether oxygens (including phenoxy) is 1. The predicted octanol–water partition coefficient (Wildman–Crippen LogP) is 1.30. The van der Waals surface area contributed by atoms with E-state index in [0.29, 0.717) is 0 Å². The lowest BCUT2D eigenvalue weighted by atomic mass is 10.4. The van der Waals surface area contributed by atoms with Gasteiger partial charge in [-0.25, -0.2) is 0 Å². The fourth-order valence-electron chi connectivity index (χ4n) is 1.20. The third-order valence-electron chi connectivity index (χ3n) is 2.19. The molecule has 0 aromatic rings. The Bertz CT molecular complexity index is 125. The fourth-order valence-corrected chi connectivity index (χ4v) is 1.83. The maximum atomic E-state index is 5.02. The van der Waals surface area contributed by atoms with Crippen LogP contribution in [0.15, 0.2) is 0 Å². The van der Waals surface area contributed by atoms with Gasteiger partial charge in [0, 0.05) is 26.7 Å². The van der Waals surface area contributed by atoms with Gasteiger partial charge in [0.05, 0.1) is 6.61 Å². The first-order chi connectivity index (χ1) is 7.31. The molecular weight excluding hydrogens is 208 g/mol. The highest BCUT2D eigenvalue weighted by atomic mass is 32.2. The second kappa shape index (κ2) is 12.3. The number of rotatable bonds is 11. The van der Waals surface area contributed by atoms with Crippen LogP contribution in [0, 0.1) is 0 Å². The minimum absolute atomic E-state index is 0.823. The molecule has 0 atom stereocenters. The third kappa shape index (κ3) is 12.2. The van der Waals surface area contributed by atoms with Crippen LogP contribution in [0.2, 0.25) is 0 Å². The van der Waals surface area contributed by atoms with Gasteiger partial charge in [-0.2, -0.15) is 11.8 Å². The van der Waals surface area contributed by atoms with Crippen molar-refractivity contribution in [1.29, 1.82) is 0 Å². The van der Waals surface area contributed by atoms with Crippen LogP contribution in [0.3, 0.4) is 0 Å². The molecule has 0 aliphatic rings. The number of thioether (sulfide) groups is 1. The van der Waals surface area contributed by atoms with E-state index in [-0.39, 0.29) is 0 Å². The van der Waals surface area contributed by atoms with Crippen LogP contribution in [-0.4, -0.2) is 63.3 Å². The van der Waals surface area contributed by atoms with Crippen molar-refractivity contribution in [3.05, 3.63) is 0 Å². The Hall–Kier alpha value is 0.230. The minimum Gasteiger partial charge on any atom is -0.383 e. The van der Waals surface area contributed by atoms with Crippen LogP contribution < -0.4 is 5.32 Å². The summed E-state index contributed by atoms with van der Waals surface area (Å²) in [5, 5.41) is 3.46. The topological polar surface area (TPSA) is 24.5 Å². The van der Waals surface area contributed by atoms with Crippen LogP contribution in [-0.2, 0) is 4.74 Å². The number of methoxy groups -OCH3 is 1. The van der Waals surface area contributed by atoms with Gasteiger partial charge >= 0.3 is 0 Å². The fraction of sp³-hybridized carbons (Fsp3) is 1.00. The normalized spacial score (nSPS) is 11.2. The number of likely N-dealkylation sites (N-methyl/N-ethyl adjacent to an activating group) is 1. The zero-order chi connectivity index (χ0) is 11.4. The molecule has 0 amide bonds. The summed E-state index contributed by atoms with van der Waals surface area (Å²) in [6, 6.07) is 0. The second-order valence-corrected chi connectivity index (χ2v) is 4.99. The molecule has 0 saturated carbocycles. The Labute approximate surface area is 98.9 Å². The van der Waals surface area contributed by atoms with Gasteiger partial charge in [0.2, 0.25) is 0 Å². The highest BCUT2D eigenvalue weighted by molar-refractivity contribution is 7.99. The highest BCUT2D eigenvalue weighted by Crippen LogP contribution is 1.99. The van der Waals surface area contributed by atoms with E-state index in [1.165, 1.54) is 17.9 Å². The van der Waals surface area contributed by atoms with E-state index >= 15 is 0 Å². The summed E-state index contributed by atoms with van der Waals surface area (Å²) < 4.78 is 5.02. The van der Waals surface area contributed by atoms with Gasteiger partial charge in [-0.3, -0.25) is 0 Å². The highest BCUT2D eigenvalue weighted by Gasteiger charge is 1.96. The number of nitrogens with zero attached hydrogens (tertiary/aromatic N) is 1. The molecule has 15 heavy (non-hydrogen) atoms. The third-order valence-corrected chi connectivity index (χ3v) is 3.18. The van der Waals surface area contributed by atoms with Crippen molar-refractivity contribution in [1.82, 2.24) is 10.2 Å². The first kappa shape index (κ1) is 15.2. The Morgan fingerprint density at radius 1 is 1.27 bits per heavy atom. The maximum Gasteiger partial charge on any atom is 0.0589 e. The molecule has 0 aromatic heterocycles. The molecule has 92 valence electrons. The van der Waals surface area contributed by atoms with Crippen LogP contribution in [0.4, 0.5) is 0 Å². The van der Waals surface area contributed by atoms with Crippen LogP contribution >= 0.6 is 11.8 Å². The van der Waals surface area contributed by atoms with Gasteiger partial charge in [0.15, 0.2) is 0 Å². The molecule has 0 aromatic carbocycles. The smallest absolute Gasteiger partial charge is 0.0589 e. The van der Waals surface area contributed by atoms with Gasteiger partial charge in [-0.1, -0.05) is 6.92 Å². The maximum absolute atomic E-state index is 5.02. The van der Waals surface area contributed by atoms with Crippen molar-refractivity contribution in [2.45, 2.75) is 13.3 Å².